The molecule has 0 radical (unpaired) electrons. The van der Waals surface area contributed by atoms with Gasteiger partial charge in [0.05, 0.1) is 17.1 Å². The predicted octanol–water partition coefficient (Wildman–Crippen LogP) is 1.64. The van der Waals surface area contributed by atoms with Crippen molar-refractivity contribution in [2.45, 2.75) is 31.2 Å². The Morgan fingerprint density at radius 2 is 2.47 bits per heavy atom. The van der Waals surface area contributed by atoms with Crippen LogP contribution in [0.25, 0.3) is 0 Å². The minimum absolute atomic E-state index is 0.0154. The quantitative estimate of drug-likeness (QED) is 0.742. The summed E-state index contributed by atoms with van der Waals surface area (Å²) in [6, 6.07) is 0.266. The van der Waals surface area contributed by atoms with E-state index in [0.717, 1.165) is 12.8 Å². The first kappa shape index (κ1) is 10.5. The summed E-state index contributed by atoms with van der Waals surface area (Å²) < 4.78 is 0. The summed E-state index contributed by atoms with van der Waals surface area (Å²) in [6.45, 7) is 2.69. The van der Waals surface area contributed by atoms with Crippen molar-refractivity contribution in [3.05, 3.63) is 18.0 Å². The van der Waals surface area contributed by atoms with Gasteiger partial charge in [-0.05, 0) is 19.8 Å². The largest absolute Gasteiger partial charge is 0.334 e. The lowest BCUT2D eigenvalue weighted by atomic mass is 10.0. The van der Waals surface area contributed by atoms with Crippen LogP contribution >= 0.6 is 11.6 Å². The monoisotopic (exact) mass is 227 g/mol. The molecule has 0 spiro atoms. The fourth-order valence-electron chi connectivity index (χ4n) is 1.88. The van der Waals surface area contributed by atoms with Gasteiger partial charge < -0.3 is 4.90 Å². The SMILES string of the molecule is CC1CCC(Cl)CN1C(=O)c1cn[nH]c1. The molecule has 1 saturated heterocycles. The lowest BCUT2D eigenvalue weighted by molar-refractivity contribution is 0.0640. The maximum absolute atomic E-state index is 12.0. The first-order chi connectivity index (χ1) is 7.18. The second-order valence-electron chi connectivity index (χ2n) is 3.97. The summed E-state index contributed by atoms with van der Waals surface area (Å²) in [5, 5.41) is 6.50. The topological polar surface area (TPSA) is 49.0 Å². The van der Waals surface area contributed by atoms with Crippen LogP contribution < -0.4 is 0 Å². The summed E-state index contributed by atoms with van der Waals surface area (Å²) in [4.78, 5) is 13.8. The van der Waals surface area contributed by atoms with Crippen molar-refractivity contribution in [1.29, 1.82) is 0 Å². The molecule has 2 heterocycles. The summed E-state index contributed by atoms with van der Waals surface area (Å²) in [7, 11) is 0. The number of amides is 1. The van der Waals surface area contributed by atoms with Crippen LogP contribution in [0.5, 0.6) is 0 Å². The number of nitrogens with one attached hydrogen (secondary N) is 1. The molecule has 5 heteroatoms. The molecule has 0 bridgehead atoms. The Bertz CT molecular complexity index is 338. The molecule has 2 rings (SSSR count). The number of carbonyl (C=O) groups is 1. The second-order valence-corrected chi connectivity index (χ2v) is 4.59. The summed E-state index contributed by atoms with van der Waals surface area (Å²) in [5.41, 5.74) is 0.604. The van der Waals surface area contributed by atoms with Gasteiger partial charge in [0.25, 0.3) is 5.91 Å². The highest BCUT2D eigenvalue weighted by Gasteiger charge is 2.28. The van der Waals surface area contributed by atoms with Crippen LogP contribution in [0.3, 0.4) is 0 Å². The number of nitrogens with zero attached hydrogens (tertiary/aromatic N) is 2. The van der Waals surface area contributed by atoms with Crippen molar-refractivity contribution in [3.8, 4) is 0 Å². The van der Waals surface area contributed by atoms with Gasteiger partial charge in [-0.2, -0.15) is 5.10 Å². The van der Waals surface area contributed by atoms with Crippen LogP contribution in [0.15, 0.2) is 12.4 Å². The Morgan fingerprint density at radius 3 is 3.13 bits per heavy atom. The maximum atomic E-state index is 12.0. The molecule has 1 fully saturated rings. The standard InChI is InChI=1S/C10H14ClN3O/c1-7-2-3-9(11)6-14(7)10(15)8-4-12-13-5-8/h4-5,7,9H,2-3,6H2,1H3,(H,12,13). The Kier molecular flexibility index (Phi) is 2.95. The molecule has 0 aliphatic carbocycles. The predicted molar refractivity (Wildman–Crippen MR) is 58.0 cm³/mol. The smallest absolute Gasteiger partial charge is 0.257 e. The Balaban J connectivity index is 2.12. The first-order valence-corrected chi connectivity index (χ1v) is 5.56. The number of carbonyl (C=O) groups excluding carboxylic acids is 1. The highest BCUT2D eigenvalue weighted by molar-refractivity contribution is 6.21. The van der Waals surface area contributed by atoms with Gasteiger partial charge in [-0.25, -0.2) is 0 Å². The van der Waals surface area contributed by atoms with Crippen molar-refractivity contribution in [2.24, 2.45) is 0 Å². The van der Waals surface area contributed by atoms with Gasteiger partial charge in [0.2, 0.25) is 0 Å². The number of likely N-dealkylation sites (tertiary alicyclic amines) is 1. The van der Waals surface area contributed by atoms with Crippen LogP contribution in [0.2, 0.25) is 0 Å². The molecule has 1 aliphatic heterocycles. The normalized spacial score (nSPS) is 26.7. The van der Waals surface area contributed by atoms with Crippen LogP contribution in [0.1, 0.15) is 30.1 Å². The molecular weight excluding hydrogens is 214 g/mol. The average molecular weight is 228 g/mol. The molecule has 2 unspecified atom stereocenters. The zero-order valence-corrected chi connectivity index (χ0v) is 9.37. The number of aromatic amines is 1. The number of aromatic nitrogens is 2. The van der Waals surface area contributed by atoms with Crippen molar-refractivity contribution >= 4 is 17.5 Å². The van der Waals surface area contributed by atoms with Crippen LogP contribution in [0.4, 0.5) is 0 Å². The van der Waals surface area contributed by atoms with Crippen molar-refractivity contribution in [2.75, 3.05) is 6.54 Å². The second kappa shape index (κ2) is 4.23. The number of piperidine rings is 1. The fourth-order valence-corrected chi connectivity index (χ4v) is 2.15. The molecule has 2 atom stereocenters. The van der Waals surface area contributed by atoms with E-state index in [9.17, 15) is 4.79 Å². The Hall–Kier alpha value is -1.03. The number of rotatable bonds is 1. The van der Waals surface area contributed by atoms with Gasteiger partial charge in [-0.1, -0.05) is 0 Å². The highest BCUT2D eigenvalue weighted by atomic mass is 35.5. The van der Waals surface area contributed by atoms with E-state index in [4.69, 9.17) is 11.6 Å². The lowest BCUT2D eigenvalue weighted by Gasteiger charge is -2.35. The molecule has 82 valence electrons. The lowest BCUT2D eigenvalue weighted by Crippen LogP contribution is -2.45. The zero-order valence-electron chi connectivity index (χ0n) is 8.61. The molecule has 0 saturated carbocycles. The third kappa shape index (κ3) is 2.15. The van der Waals surface area contributed by atoms with E-state index in [0.29, 0.717) is 12.1 Å². The van der Waals surface area contributed by atoms with E-state index in [2.05, 4.69) is 17.1 Å². The number of halogens is 1. The van der Waals surface area contributed by atoms with E-state index < -0.39 is 0 Å². The van der Waals surface area contributed by atoms with Crippen LogP contribution in [-0.2, 0) is 0 Å². The third-order valence-electron chi connectivity index (χ3n) is 2.83. The number of alkyl halides is 1. The van der Waals surface area contributed by atoms with E-state index in [1.54, 1.807) is 12.4 Å². The number of hydrogen-bond acceptors (Lipinski definition) is 2. The average Bonchev–Trinajstić information content (AvgIpc) is 2.74. The number of H-pyrrole nitrogens is 1. The molecule has 0 aromatic carbocycles. The maximum Gasteiger partial charge on any atom is 0.257 e. The summed E-state index contributed by atoms with van der Waals surface area (Å²) in [6.07, 6.45) is 5.12. The molecule has 1 amide bonds. The van der Waals surface area contributed by atoms with Gasteiger partial charge in [0, 0.05) is 18.8 Å². The minimum Gasteiger partial charge on any atom is -0.334 e. The molecule has 4 nitrogen and oxygen atoms in total. The third-order valence-corrected chi connectivity index (χ3v) is 3.19. The van der Waals surface area contributed by atoms with E-state index in [1.807, 2.05) is 4.90 Å². The van der Waals surface area contributed by atoms with Crippen molar-refractivity contribution < 1.29 is 4.79 Å². The summed E-state index contributed by atoms with van der Waals surface area (Å²) in [5.74, 6) is 0.0154. The van der Waals surface area contributed by atoms with E-state index in [1.165, 1.54) is 0 Å². The zero-order chi connectivity index (χ0) is 10.8. The Morgan fingerprint density at radius 1 is 1.67 bits per heavy atom. The summed E-state index contributed by atoms with van der Waals surface area (Å²) >= 11 is 6.06. The van der Waals surface area contributed by atoms with Gasteiger partial charge in [0.15, 0.2) is 0 Å². The van der Waals surface area contributed by atoms with Crippen molar-refractivity contribution in [3.63, 3.8) is 0 Å². The van der Waals surface area contributed by atoms with Crippen LogP contribution in [0, 0.1) is 0 Å². The highest BCUT2D eigenvalue weighted by Crippen LogP contribution is 2.22. The van der Waals surface area contributed by atoms with Gasteiger partial charge >= 0.3 is 0 Å². The molecule has 1 aliphatic rings. The van der Waals surface area contributed by atoms with Crippen LogP contribution in [-0.4, -0.2) is 39.0 Å². The first-order valence-electron chi connectivity index (χ1n) is 5.12. The fraction of sp³-hybridized carbons (Fsp3) is 0.600. The van der Waals surface area contributed by atoms with Crippen molar-refractivity contribution in [1.82, 2.24) is 15.1 Å². The molecule has 1 N–H and O–H groups in total. The van der Waals surface area contributed by atoms with Gasteiger partial charge in [0.1, 0.15) is 0 Å². The molecule has 1 aromatic heterocycles. The number of hydrogen-bond donors (Lipinski definition) is 1. The molecule has 1 aromatic rings. The van der Waals surface area contributed by atoms with E-state index >= 15 is 0 Å². The minimum atomic E-state index is 0.0154. The van der Waals surface area contributed by atoms with Gasteiger partial charge in [-0.15, -0.1) is 11.6 Å². The molecular formula is C10H14ClN3O. The van der Waals surface area contributed by atoms with E-state index in [-0.39, 0.29) is 17.3 Å². The molecule has 15 heavy (non-hydrogen) atoms. The van der Waals surface area contributed by atoms with Gasteiger partial charge in [-0.3, -0.25) is 9.89 Å². The Labute approximate surface area is 93.6 Å².